The van der Waals surface area contributed by atoms with E-state index in [4.69, 9.17) is 0 Å². The number of phenolic OH excluding ortho intramolecular Hbond substituents is 2. The number of carboxylic acids is 1. The van der Waals surface area contributed by atoms with E-state index in [0.29, 0.717) is 25.7 Å². The molecule has 0 unspecified atom stereocenters. The molecule has 0 atom stereocenters. The number of phenols is 2. The van der Waals surface area contributed by atoms with Gasteiger partial charge in [0.05, 0.1) is 9.89 Å². The Bertz CT molecular complexity index is 524. The second-order valence-corrected chi connectivity index (χ2v) is 5.66. The second-order valence-electron chi connectivity index (χ2n) is 4.86. The van der Waals surface area contributed by atoms with Crippen molar-refractivity contribution in [2.24, 2.45) is 0 Å². The van der Waals surface area contributed by atoms with Crippen LogP contribution in [0.1, 0.15) is 37.7 Å². The predicted octanol–water partition coefficient (Wildman–Crippen LogP) is 3.29. The minimum atomic E-state index is -1.34. The molecule has 0 aliphatic heterocycles. The number of benzene rings is 1. The van der Waals surface area contributed by atoms with Gasteiger partial charge in [0.2, 0.25) is 0 Å². The van der Waals surface area contributed by atoms with Crippen LogP contribution < -0.4 is 0 Å². The van der Waals surface area contributed by atoms with Gasteiger partial charge in [0, 0.05) is 11.6 Å². The lowest BCUT2D eigenvalue weighted by molar-refractivity contribution is -0.145. The van der Waals surface area contributed by atoms with Crippen LogP contribution in [0.15, 0.2) is 10.5 Å². The highest BCUT2D eigenvalue weighted by Gasteiger charge is 2.45. The van der Waals surface area contributed by atoms with Crippen LogP contribution in [0, 0.1) is 5.82 Å². The molecule has 2 rings (SSSR count). The van der Waals surface area contributed by atoms with E-state index < -0.39 is 28.7 Å². The molecule has 0 saturated heterocycles. The van der Waals surface area contributed by atoms with Crippen LogP contribution in [-0.4, -0.2) is 21.3 Å². The van der Waals surface area contributed by atoms with E-state index >= 15 is 0 Å². The lowest BCUT2D eigenvalue weighted by Crippen LogP contribution is -2.39. The van der Waals surface area contributed by atoms with Crippen molar-refractivity contribution in [3.63, 3.8) is 0 Å². The maximum absolute atomic E-state index is 14.1. The van der Waals surface area contributed by atoms with Crippen molar-refractivity contribution in [2.75, 3.05) is 0 Å². The molecule has 0 spiro atoms. The van der Waals surface area contributed by atoms with Crippen LogP contribution in [0.2, 0.25) is 0 Å². The van der Waals surface area contributed by atoms with Gasteiger partial charge < -0.3 is 15.3 Å². The van der Waals surface area contributed by atoms with Gasteiger partial charge in [-0.3, -0.25) is 4.79 Å². The van der Waals surface area contributed by atoms with Crippen LogP contribution in [0.3, 0.4) is 0 Å². The van der Waals surface area contributed by atoms with E-state index in [1.165, 1.54) is 0 Å². The quantitative estimate of drug-likeness (QED) is 0.726. The molecule has 1 aromatic rings. The molecule has 1 aromatic carbocycles. The minimum Gasteiger partial charge on any atom is -0.504 e. The molecule has 1 fully saturated rings. The lowest BCUT2D eigenvalue weighted by atomic mass is 9.69. The Balaban J connectivity index is 2.67. The first-order chi connectivity index (χ1) is 8.90. The average Bonchev–Trinajstić information content (AvgIpc) is 2.37. The summed E-state index contributed by atoms with van der Waals surface area (Å²) in [5, 5.41) is 28.6. The van der Waals surface area contributed by atoms with Gasteiger partial charge in [-0.15, -0.1) is 0 Å². The summed E-state index contributed by atoms with van der Waals surface area (Å²) in [5.41, 5.74) is -1.41. The number of hydrogen-bond donors (Lipinski definition) is 3. The van der Waals surface area contributed by atoms with Crippen molar-refractivity contribution < 1.29 is 24.5 Å². The zero-order valence-corrected chi connectivity index (χ0v) is 11.7. The Morgan fingerprint density at radius 3 is 2.37 bits per heavy atom. The number of carbonyl (C=O) groups is 1. The maximum atomic E-state index is 14.1. The molecule has 6 heteroatoms. The summed E-state index contributed by atoms with van der Waals surface area (Å²) in [6.45, 7) is 0. The molecule has 4 nitrogen and oxygen atoms in total. The molecular formula is C13H14BrFO4. The fraction of sp³-hybridized carbons (Fsp3) is 0.462. The van der Waals surface area contributed by atoms with Crippen LogP contribution in [0.25, 0.3) is 0 Å². The van der Waals surface area contributed by atoms with Gasteiger partial charge in [-0.1, -0.05) is 19.3 Å². The normalized spacial score (nSPS) is 18.2. The van der Waals surface area contributed by atoms with E-state index in [1.807, 2.05) is 0 Å². The number of aromatic hydroxyl groups is 2. The Labute approximate surface area is 118 Å². The molecule has 1 aliphatic rings. The van der Waals surface area contributed by atoms with E-state index in [2.05, 4.69) is 15.9 Å². The zero-order valence-electron chi connectivity index (χ0n) is 10.1. The Morgan fingerprint density at radius 2 is 1.84 bits per heavy atom. The first-order valence-corrected chi connectivity index (χ1v) is 6.83. The number of aliphatic carboxylic acids is 1. The van der Waals surface area contributed by atoms with Gasteiger partial charge >= 0.3 is 5.97 Å². The van der Waals surface area contributed by atoms with Gasteiger partial charge in [0.1, 0.15) is 5.82 Å². The molecule has 19 heavy (non-hydrogen) atoms. The summed E-state index contributed by atoms with van der Waals surface area (Å²) in [4.78, 5) is 11.6. The third kappa shape index (κ3) is 2.18. The summed E-state index contributed by atoms with van der Waals surface area (Å²) in [6.07, 6.45) is 2.95. The molecule has 0 bridgehead atoms. The molecule has 0 heterocycles. The first kappa shape index (κ1) is 14.1. The third-order valence-corrected chi connectivity index (χ3v) is 4.54. The lowest BCUT2D eigenvalue weighted by Gasteiger charge is -2.34. The molecule has 0 aromatic heterocycles. The van der Waals surface area contributed by atoms with Crippen LogP contribution in [0.5, 0.6) is 11.5 Å². The second kappa shape index (κ2) is 5.00. The number of carboxylic acid groups (broad SMARTS) is 1. The molecule has 1 aliphatic carbocycles. The molecule has 0 amide bonds. The van der Waals surface area contributed by atoms with Crippen molar-refractivity contribution in [1.82, 2.24) is 0 Å². The highest BCUT2D eigenvalue weighted by Crippen LogP contribution is 2.48. The van der Waals surface area contributed by atoms with E-state index in [0.717, 1.165) is 12.5 Å². The fourth-order valence-corrected chi connectivity index (χ4v) is 3.53. The smallest absolute Gasteiger partial charge is 0.314 e. The number of hydrogen-bond acceptors (Lipinski definition) is 3. The van der Waals surface area contributed by atoms with E-state index in [9.17, 15) is 24.5 Å². The maximum Gasteiger partial charge on any atom is 0.314 e. The van der Waals surface area contributed by atoms with Gasteiger partial charge in [-0.05, 0) is 28.8 Å². The average molecular weight is 333 g/mol. The van der Waals surface area contributed by atoms with Gasteiger partial charge in [-0.2, -0.15) is 0 Å². The molecule has 3 N–H and O–H groups in total. The summed E-state index contributed by atoms with van der Waals surface area (Å²) < 4.78 is 14.0. The van der Waals surface area contributed by atoms with Gasteiger partial charge in [0.15, 0.2) is 11.5 Å². The molecule has 1 saturated carbocycles. The third-order valence-electron chi connectivity index (χ3n) is 3.77. The SMILES string of the molecule is O=C(O)C1(c2c(F)cc(O)c(O)c2Br)CCCCC1. The standard InChI is InChI=1S/C13H14BrFO4/c14-10-9(7(15)6-8(16)11(10)17)13(12(18)19)4-2-1-3-5-13/h6,16-17H,1-5H2,(H,18,19). The Kier molecular flexibility index (Phi) is 3.71. The van der Waals surface area contributed by atoms with E-state index in [1.54, 1.807) is 0 Å². The monoisotopic (exact) mass is 332 g/mol. The van der Waals surface area contributed by atoms with Crippen LogP contribution >= 0.6 is 15.9 Å². The van der Waals surface area contributed by atoms with Crippen molar-refractivity contribution in [2.45, 2.75) is 37.5 Å². The summed E-state index contributed by atoms with van der Waals surface area (Å²) in [6, 6.07) is 0.759. The Hall–Kier alpha value is -1.30. The molecular weight excluding hydrogens is 319 g/mol. The zero-order chi connectivity index (χ0) is 14.2. The van der Waals surface area contributed by atoms with Crippen LogP contribution in [-0.2, 0) is 10.2 Å². The summed E-state index contributed by atoms with van der Waals surface area (Å²) in [7, 11) is 0. The van der Waals surface area contributed by atoms with Crippen molar-refractivity contribution in [3.05, 3.63) is 21.9 Å². The van der Waals surface area contributed by atoms with Crippen molar-refractivity contribution in [3.8, 4) is 11.5 Å². The highest BCUT2D eigenvalue weighted by atomic mass is 79.9. The van der Waals surface area contributed by atoms with Gasteiger partial charge in [-0.25, -0.2) is 4.39 Å². The van der Waals surface area contributed by atoms with Crippen LogP contribution in [0.4, 0.5) is 4.39 Å². The van der Waals surface area contributed by atoms with Crippen molar-refractivity contribution in [1.29, 1.82) is 0 Å². The topological polar surface area (TPSA) is 77.8 Å². The number of rotatable bonds is 2. The molecule has 104 valence electrons. The summed E-state index contributed by atoms with van der Waals surface area (Å²) in [5.74, 6) is -3.05. The number of halogens is 2. The summed E-state index contributed by atoms with van der Waals surface area (Å²) >= 11 is 3.01. The van der Waals surface area contributed by atoms with Gasteiger partial charge in [0.25, 0.3) is 0 Å². The molecule has 0 radical (unpaired) electrons. The van der Waals surface area contributed by atoms with E-state index in [-0.39, 0.29) is 10.0 Å². The fourth-order valence-electron chi connectivity index (χ4n) is 2.76. The first-order valence-electron chi connectivity index (χ1n) is 6.04. The highest BCUT2D eigenvalue weighted by molar-refractivity contribution is 9.10. The largest absolute Gasteiger partial charge is 0.504 e. The minimum absolute atomic E-state index is 0.0741. The van der Waals surface area contributed by atoms with Crippen molar-refractivity contribution >= 4 is 21.9 Å². The predicted molar refractivity (Wildman–Crippen MR) is 69.8 cm³/mol. The Morgan fingerprint density at radius 1 is 1.26 bits per heavy atom.